The van der Waals surface area contributed by atoms with Crippen LogP contribution in [-0.2, 0) is 27.8 Å². The van der Waals surface area contributed by atoms with E-state index in [0.717, 1.165) is 16.7 Å². The van der Waals surface area contributed by atoms with Crippen LogP contribution in [0.1, 0.15) is 34.6 Å². The first-order valence-electron chi connectivity index (χ1n) is 11.5. The van der Waals surface area contributed by atoms with Crippen LogP contribution in [0.3, 0.4) is 0 Å². The molecule has 0 saturated carbocycles. The predicted molar refractivity (Wildman–Crippen MR) is 135 cm³/mol. The van der Waals surface area contributed by atoms with Gasteiger partial charge in [-0.15, -0.1) is 0 Å². The van der Waals surface area contributed by atoms with E-state index in [4.69, 9.17) is 4.52 Å². The number of anilines is 2. The number of hydrogen-bond donors (Lipinski definition) is 1. The third-order valence-corrected chi connectivity index (χ3v) is 7.68. The first-order valence-corrected chi connectivity index (χ1v) is 13.0. The monoisotopic (exact) mass is 503 g/mol. The Balaban J connectivity index is 1.42. The van der Waals surface area contributed by atoms with Gasteiger partial charge in [0.1, 0.15) is 11.6 Å². The Bertz CT molecular complexity index is 1560. The zero-order valence-electron chi connectivity index (χ0n) is 20.1. The van der Waals surface area contributed by atoms with Gasteiger partial charge < -0.3 is 4.52 Å². The summed E-state index contributed by atoms with van der Waals surface area (Å²) in [5, 5.41) is 3.82. The molecule has 0 unspecified atom stereocenters. The van der Waals surface area contributed by atoms with Gasteiger partial charge in [0.2, 0.25) is 11.8 Å². The van der Waals surface area contributed by atoms with Crippen molar-refractivity contribution in [2.75, 3.05) is 9.62 Å². The Morgan fingerprint density at radius 2 is 1.78 bits per heavy atom. The molecular formula is C26H25N5O4S. The Kier molecular flexibility index (Phi) is 6.05. The number of carbonyl (C=O) groups excluding carboxylic acids is 1. The number of amides is 1. The van der Waals surface area contributed by atoms with Gasteiger partial charge >= 0.3 is 0 Å². The second-order valence-electron chi connectivity index (χ2n) is 8.77. The van der Waals surface area contributed by atoms with E-state index >= 15 is 0 Å². The van der Waals surface area contributed by atoms with Crippen molar-refractivity contribution in [3.05, 3.63) is 82.9 Å². The van der Waals surface area contributed by atoms with Crippen LogP contribution in [0, 0.1) is 20.8 Å². The van der Waals surface area contributed by atoms with Gasteiger partial charge in [-0.1, -0.05) is 47.6 Å². The Morgan fingerprint density at radius 1 is 1.03 bits per heavy atom. The summed E-state index contributed by atoms with van der Waals surface area (Å²) in [5.41, 5.74) is 4.40. The minimum atomic E-state index is -3.93. The number of aromatic nitrogens is 3. The molecule has 2 aromatic carbocycles. The predicted octanol–water partition coefficient (Wildman–Crippen LogP) is 4.34. The van der Waals surface area contributed by atoms with Gasteiger partial charge in [0.15, 0.2) is 0 Å². The van der Waals surface area contributed by atoms with Gasteiger partial charge in [0.05, 0.1) is 17.1 Å². The highest BCUT2D eigenvalue weighted by molar-refractivity contribution is 7.92. The number of benzene rings is 2. The molecule has 0 saturated heterocycles. The third kappa shape index (κ3) is 4.47. The van der Waals surface area contributed by atoms with Gasteiger partial charge in [-0.25, -0.2) is 23.1 Å². The summed E-state index contributed by atoms with van der Waals surface area (Å²) in [7, 11) is -3.93. The number of rotatable bonds is 6. The molecule has 0 atom stereocenters. The fourth-order valence-electron chi connectivity index (χ4n) is 4.15. The molecule has 0 aliphatic carbocycles. The van der Waals surface area contributed by atoms with E-state index in [0.29, 0.717) is 47.8 Å². The van der Waals surface area contributed by atoms with Gasteiger partial charge in [-0.05, 0) is 44.4 Å². The summed E-state index contributed by atoms with van der Waals surface area (Å²) in [6.45, 7) is 5.66. The normalized spacial score (nSPS) is 13.5. The van der Waals surface area contributed by atoms with Crippen molar-refractivity contribution in [3.8, 4) is 11.1 Å². The van der Waals surface area contributed by atoms with Gasteiger partial charge in [0, 0.05) is 29.3 Å². The third-order valence-electron chi connectivity index (χ3n) is 6.29. The molecule has 9 nitrogen and oxygen atoms in total. The van der Waals surface area contributed by atoms with Crippen molar-refractivity contribution < 1.29 is 17.7 Å². The van der Waals surface area contributed by atoms with Crippen molar-refractivity contribution >= 4 is 27.6 Å². The molecule has 0 bridgehead atoms. The average molecular weight is 504 g/mol. The second-order valence-corrected chi connectivity index (χ2v) is 10.4. The molecule has 184 valence electrons. The fourth-order valence-corrected chi connectivity index (χ4v) is 5.43. The van der Waals surface area contributed by atoms with E-state index in [1.54, 1.807) is 56.1 Å². The van der Waals surface area contributed by atoms with E-state index in [9.17, 15) is 13.2 Å². The summed E-state index contributed by atoms with van der Waals surface area (Å²) in [6, 6.07) is 14.3. The smallest absolute Gasteiger partial charge is 0.264 e. The van der Waals surface area contributed by atoms with Crippen molar-refractivity contribution in [1.82, 2.24) is 15.1 Å². The topological polar surface area (TPSA) is 118 Å². The highest BCUT2D eigenvalue weighted by atomic mass is 32.2. The molecule has 0 fully saturated rings. The molecule has 2 aromatic heterocycles. The number of hydrogen-bond acceptors (Lipinski definition) is 7. The second kappa shape index (κ2) is 9.19. The van der Waals surface area contributed by atoms with E-state index in [-0.39, 0.29) is 16.7 Å². The number of aryl methyl sites for hydroxylation is 3. The highest BCUT2D eigenvalue weighted by Crippen LogP contribution is 2.31. The molecule has 0 spiro atoms. The molecule has 4 aromatic rings. The van der Waals surface area contributed by atoms with E-state index in [1.807, 2.05) is 24.3 Å². The molecule has 1 amide bonds. The summed E-state index contributed by atoms with van der Waals surface area (Å²) in [4.78, 5) is 23.2. The Labute approximate surface area is 209 Å². The zero-order valence-corrected chi connectivity index (χ0v) is 21.0. The van der Waals surface area contributed by atoms with Crippen LogP contribution in [0.15, 0.2) is 64.1 Å². The van der Waals surface area contributed by atoms with Crippen molar-refractivity contribution in [3.63, 3.8) is 0 Å². The standard InChI is InChI=1S/C26H25N5O4S/c1-16-17(2)29-35-26(16)30-36(33,34)23-7-5-4-6-22(23)20-10-8-19(9-11-20)15-31-24(32)13-12-21-14-27-18(3)28-25(21)31/h4-11,14,30H,12-13,15H2,1-3H3. The molecule has 3 heterocycles. The maximum Gasteiger partial charge on any atom is 0.264 e. The first-order chi connectivity index (χ1) is 17.2. The molecule has 36 heavy (non-hydrogen) atoms. The Morgan fingerprint density at radius 3 is 2.50 bits per heavy atom. The van der Waals surface area contributed by atoms with E-state index in [2.05, 4.69) is 19.8 Å². The number of fused-ring (bicyclic) bond motifs is 1. The van der Waals surface area contributed by atoms with Crippen molar-refractivity contribution in [1.29, 1.82) is 0 Å². The van der Waals surface area contributed by atoms with Crippen LogP contribution < -0.4 is 9.62 Å². The van der Waals surface area contributed by atoms with Crippen LogP contribution >= 0.6 is 0 Å². The zero-order chi connectivity index (χ0) is 25.4. The molecule has 1 aliphatic heterocycles. The van der Waals surface area contributed by atoms with Crippen molar-refractivity contribution in [2.45, 2.75) is 45.1 Å². The van der Waals surface area contributed by atoms with Crippen LogP contribution in [0.2, 0.25) is 0 Å². The highest BCUT2D eigenvalue weighted by Gasteiger charge is 2.26. The number of carbonyl (C=O) groups is 1. The van der Waals surface area contributed by atoms with Crippen LogP contribution in [0.25, 0.3) is 11.1 Å². The minimum absolute atomic E-state index is 0.0186. The van der Waals surface area contributed by atoms with Crippen molar-refractivity contribution in [2.24, 2.45) is 0 Å². The van der Waals surface area contributed by atoms with Crippen LogP contribution in [0.5, 0.6) is 0 Å². The molecule has 5 rings (SSSR count). The number of nitrogens with zero attached hydrogens (tertiary/aromatic N) is 4. The lowest BCUT2D eigenvalue weighted by Crippen LogP contribution is -2.35. The first kappa shape index (κ1) is 23.7. The lowest BCUT2D eigenvalue weighted by molar-refractivity contribution is -0.119. The summed E-state index contributed by atoms with van der Waals surface area (Å²) >= 11 is 0. The minimum Gasteiger partial charge on any atom is -0.337 e. The molecule has 1 N–H and O–H groups in total. The summed E-state index contributed by atoms with van der Waals surface area (Å²) < 4.78 is 34.1. The molecule has 1 aliphatic rings. The SMILES string of the molecule is Cc1ncc2c(n1)N(Cc1ccc(-c3ccccc3S(=O)(=O)Nc3onc(C)c3C)cc1)C(=O)CC2. The van der Waals surface area contributed by atoms with Crippen LogP contribution in [0.4, 0.5) is 11.7 Å². The lowest BCUT2D eigenvalue weighted by atomic mass is 10.0. The Hall–Kier alpha value is -4.05. The quantitative estimate of drug-likeness (QED) is 0.416. The lowest BCUT2D eigenvalue weighted by Gasteiger charge is -2.28. The van der Waals surface area contributed by atoms with Gasteiger partial charge in [-0.3, -0.25) is 9.69 Å². The van der Waals surface area contributed by atoms with Crippen LogP contribution in [-0.4, -0.2) is 29.4 Å². The number of sulfonamides is 1. The maximum atomic E-state index is 13.2. The average Bonchev–Trinajstić information content (AvgIpc) is 3.18. The molecular weight excluding hydrogens is 478 g/mol. The van der Waals surface area contributed by atoms with E-state index < -0.39 is 10.0 Å². The van der Waals surface area contributed by atoms with Gasteiger partial charge in [-0.2, -0.15) is 0 Å². The van der Waals surface area contributed by atoms with E-state index in [1.165, 1.54) is 0 Å². The fraction of sp³-hybridized carbons (Fsp3) is 0.231. The summed E-state index contributed by atoms with van der Waals surface area (Å²) in [6.07, 6.45) is 2.84. The largest absolute Gasteiger partial charge is 0.337 e. The van der Waals surface area contributed by atoms with Gasteiger partial charge in [0.25, 0.3) is 10.0 Å². The molecule has 0 radical (unpaired) electrons. The summed E-state index contributed by atoms with van der Waals surface area (Å²) in [5.74, 6) is 1.39. The maximum absolute atomic E-state index is 13.2. The molecule has 10 heteroatoms. The number of nitrogens with one attached hydrogen (secondary N) is 1.